The van der Waals surface area contributed by atoms with Crippen molar-refractivity contribution in [3.63, 3.8) is 0 Å². The smallest absolute Gasteiger partial charge is 0.0514 e. The van der Waals surface area contributed by atoms with Crippen molar-refractivity contribution >= 4 is 22.6 Å². The number of hydrogen-bond acceptors (Lipinski definition) is 1. The fraction of sp³-hybridized carbons (Fsp3) is 1.00. The lowest BCUT2D eigenvalue weighted by molar-refractivity contribution is 0.142. The van der Waals surface area contributed by atoms with Gasteiger partial charge in [-0.1, -0.05) is 35.9 Å². The van der Waals surface area contributed by atoms with Crippen molar-refractivity contribution in [2.24, 2.45) is 11.8 Å². The standard InChI is InChI=1S/C10H19IO/c1-7-3-4-9(5-8(2)12)6-10(7)11/h7-10,12H,3-6H2,1-2H3/t7?,8-,9?,10?/m1/s1. The molecule has 2 heteroatoms. The highest BCUT2D eigenvalue weighted by atomic mass is 127. The van der Waals surface area contributed by atoms with Crippen LogP contribution in [0.5, 0.6) is 0 Å². The molecule has 0 aromatic heterocycles. The van der Waals surface area contributed by atoms with Gasteiger partial charge in [-0.15, -0.1) is 0 Å². The summed E-state index contributed by atoms with van der Waals surface area (Å²) in [6.07, 6.45) is 4.89. The molecule has 0 heterocycles. The van der Waals surface area contributed by atoms with Crippen LogP contribution in [0.25, 0.3) is 0 Å². The fourth-order valence-corrected chi connectivity index (χ4v) is 3.12. The van der Waals surface area contributed by atoms with Crippen LogP contribution in [0.2, 0.25) is 0 Å². The van der Waals surface area contributed by atoms with Crippen molar-refractivity contribution in [2.45, 2.75) is 49.6 Å². The van der Waals surface area contributed by atoms with Crippen molar-refractivity contribution in [3.8, 4) is 0 Å². The van der Waals surface area contributed by atoms with Crippen LogP contribution in [0, 0.1) is 11.8 Å². The van der Waals surface area contributed by atoms with Crippen LogP contribution >= 0.6 is 22.6 Å². The lowest BCUT2D eigenvalue weighted by atomic mass is 9.80. The number of aliphatic hydroxyl groups is 1. The lowest BCUT2D eigenvalue weighted by Crippen LogP contribution is -2.24. The zero-order valence-electron chi connectivity index (χ0n) is 7.96. The van der Waals surface area contributed by atoms with Crippen LogP contribution in [0.1, 0.15) is 39.5 Å². The van der Waals surface area contributed by atoms with Gasteiger partial charge in [0.2, 0.25) is 0 Å². The molecule has 0 amide bonds. The van der Waals surface area contributed by atoms with Crippen LogP contribution in [0.4, 0.5) is 0 Å². The van der Waals surface area contributed by atoms with Crippen LogP contribution in [0.3, 0.4) is 0 Å². The summed E-state index contributed by atoms with van der Waals surface area (Å²) in [5.74, 6) is 1.67. The summed E-state index contributed by atoms with van der Waals surface area (Å²) < 4.78 is 0.833. The summed E-state index contributed by atoms with van der Waals surface area (Å²) in [4.78, 5) is 0. The molecule has 0 spiro atoms. The molecule has 0 aliphatic heterocycles. The first-order valence-electron chi connectivity index (χ1n) is 4.91. The number of hydrogen-bond donors (Lipinski definition) is 1. The Morgan fingerprint density at radius 3 is 2.67 bits per heavy atom. The Bertz CT molecular complexity index is 136. The normalized spacial score (nSPS) is 39.5. The summed E-state index contributed by atoms with van der Waals surface area (Å²) in [7, 11) is 0. The zero-order valence-corrected chi connectivity index (χ0v) is 10.1. The maximum absolute atomic E-state index is 9.25. The molecule has 1 aliphatic carbocycles. The Hall–Kier alpha value is 0.690. The molecule has 1 saturated carbocycles. The van der Waals surface area contributed by atoms with E-state index in [2.05, 4.69) is 29.5 Å². The third-order valence-corrected chi connectivity index (χ3v) is 4.62. The van der Waals surface area contributed by atoms with E-state index in [1.54, 1.807) is 0 Å². The average molecular weight is 282 g/mol. The molecule has 1 fully saturated rings. The van der Waals surface area contributed by atoms with Crippen LogP contribution in [-0.4, -0.2) is 15.1 Å². The van der Waals surface area contributed by atoms with E-state index in [-0.39, 0.29) is 6.10 Å². The topological polar surface area (TPSA) is 20.2 Å². The van der Waals surface area contributed by atoms with Crippen LogP contribution in [0.15, 0.2) is 0 Å². The van der Waals surface area contributed by atoms with Gasteiger partial charge in [-0.3, -0.25) is 0 Å². The molecule has 1 rings (SSSR count). The summed E-state index contributed by atoms with van der Waals surface area (Å²) in [5, 5.41) is 9.25. The number of aliphatic hydroxyl groups excluding tert-OH is 1. The summed E-state index contributed by atoms with van der Waals surface area (Å²) in [5.41, 5.74) is 0. The third kappa shape index (κ3) is 3.21. The molecule has 1 aliphatic rings. The van der Waals surface area contributed by atoms with Crippen molar-refractivity contribution in [1.82, 2.24) is 0 Å². The maximum atomic E-state index is 9.25. The van der Waals surface area contributed by atoms with Gasteiger partial charge in [-0.25, -0.2) is 0 Å². The number of rotatable bonds is 2. The van der Waals surface area contributed by atoms with Gasteiger partial charge >= 0.3 is 0 Å². The van der Waals surface area contributed by atoms with Crippen molar-refractivity contribution in [1.29, 1.82) is 0 Å². The molecular formula is C10H19IO. The monoisotopic (exact) mass is 282 g/mol. The predicted octanol–water partition coefficient (Wildman–Crippen LogP) is 3.00. The van der Waals surface area contributed by atoms with Gasteiger partial charge in [0.1, 0.15) is 0 Å². The molecule has 1 nitrogen and oxygen atoms in total. The van der Waals surface area contributed by atoms with Crippen molar-refractivity contribution < 1.29 is 5.11 Å². The van der Waals surface area contributed by atoms with Crippen molar-refractivity contribution in [2.75, 3.05) is 0 Å². The fourth-order valence-electron chi connectivity index (χ4n) is 2.04. The summed E-state index contributed by atoms with van der Waals surface area (Å²) in [6.45, 7) is 4.25. The van der Waals surface area contributed by atoms with E-state index >= 15 is 0 Å². The third-order valence-electron chi connectivity index (χ3n) is 2.88. The molecule has 72 valence electrons. The van der Waals surface area contributed by atoms with Gasteiger partial charge in [-0.2, -0.15) is 0 Å². The first-order chi connectivity index (χ1) is 5.59. The van der Waals surface area contributed by atoms with Crippen LogP contribution in [-0.2, 0) is 0 Å². The second-order valence-electron chi connectivity index (χ2n) is 4.26. The molecule has 3 unspecified atom stereocenters. The van der Waals surface area contributed by atoms with Crippen molar-refractivity contribution in [3.05, 3.63) is 0 Å². The molecule has 4 atom stereocenters. The van der Waals surface area contributed by atoms with Gasteiger partial charge in [-0.05, 0) is 38.0 Å². The SMILES string of the molecule is CC1CCC(C[C@@H](C)O)CC1I. The van der Waals surface area contributed by atoms with Gasteiger partial charge < -0.3 is 5.11 Å². The maximum Gasteiger partial charge on any atom is 0.0514 e. The Morgan fingerprint density at radius 2 is 2.17 bits per heavy atom. The summed E-state index contributed by atoms with van der Waals surface area (Å²) >= 11 is 2.56. The minimum atomic E-state index is -0.105. The summed E-state index contributed by atoms with van der Waals surface area (Å²) in [6, 6.07) is 0. The van der Waals surface area contributed by atoms with Gasteiger partial charge in [0, 0.05) is 3.92 Å². The van der Waals surface area contributed by atoms with Gasteiger partial charge in [0.05, 0.1) is 6.10 Å². The second-order valence-corrected chi connectivity index (χ2v) is 5.86. The van der Waals surface area contributed by atoms with E-state index in [1.807, 2.05) is 6.92 Å². The Morgan fingerprint density at radius 1 is 1.50 bits per heavy atom. The highest BCUT2D eigenvalue weighted by molar-refractivity contribution is 14.1. The van der Waals surface area contributed by atoms with E-state index in [9.17, 15) is 5.11 Å². The zero-order chi connectivity index (χ0) is 9.14. The van der Waals surface area contributed by atoms with Gasteiger partial charge in [0.25, 0.3) is 0 Å². The highest BCUT2D eigenvalue weighted by Crippen LogP contribution is 2.35. The van der Waals surface area contributed by atoms with Gasteiger partial charge in [0.15, 0.2) is 0 Å². The van der Waals surface area contributed by atoms with E-state index in [4.69, 9.17) is 0 Å². The molecule has 0 saturated heterocycles. The van der Waals surface area contributed by atoms with E-state index in [1.165, 1.54) is 19.3 Å². The molecule has 0 aromatic carbocycles. The first kappa shape index (κ1) is 10.8. The first-order valence-corrected chi connectivity index (χ1v) is 6.16. The minimum Gasteiger partial charge on any atom is -0.393 e. The molecular weight excluding hydrogens is 263 g/mol. The average Bonchev–Trinajstić information content (AvgIpc) is 1.96. The minimum absolute atomic E-state index is 0.105. The number of halogens is 1. The quantitative estimate of drug-likeness (QED) is 0.610. The van der Waals surface area contributed by atoms with Crippen LogP contribution < -0.4 is 0 Å². The molecule has 0 aromatic rings. The van der Waals surface area contributed by atoms with E-state index < -0.39 is 0 Å². The highest BCUT2D eigenvalue weighted by Gasteiger charge is 2.26. The molecule has 12 heavy (non-hydrogen) atoms. The Labute approximate surface area is 89.1 Å². The Kier molecular flexibility index (Phi) is 4.30. The second kappa shape index (κ2) is 4.80. The van der Waals surface area contributed by atoms with E-state index in [0.717, 1.165) is 22.2 Å². The molecule has 1 N–H and O–H groups in total. The Balaban J connectivity index is 2.30. The lowest BCUT2D eigenvalue weighted by Gasteiger charge is -2.31. The molecule has 0 radical (unpaired) electrons. The van der Waals surface area contributed by atoms with E-state index in [0.29, 0.717) is 0 Å². The predicted molar refractivity (Wildman–Crippen MR) is 60.6 cm³/mol. The number of alkyl halides is 1. The largest absolute Gasteiger partial charge is 0.393 e. The molecule has 0 bridgehead atoms.